The Morgan fingerprint density at radius 3 is 2.55 bits per heavy atom. The number of hydrogen-bond acceptors (Lipinski definition) is 5. The van der Waals surface area contributed by atoms with E-state index < -0.39 is 5.91 Å². The van der Waals surface area contributed by atoms with E-state index >= 15 is 0 Å². The molecule has 0 saturated heterocycles. The van der Waals surface area contributed by atoms with Gasteiger partial charge in [0.05, 0.1) is 16.7 Å². The molecule has 0 spiro atoms. The molecule has 0 aliphatic rings. The van der Waals surface area contributed by atoms with Gasteiger partial charge in [-0.25, -0.2) is 4.98 Å². The van der Waals surface area contributed by atoms with Crippen molar-refractivity contribution in [2.24, 2.45) is 5.73 Å². The van der Waals surface area contributed by atoms with Crippen LogP contribution in [0.25, 0.3) is 10.9 Å². The molecule has 3 aromatic rings. The van der Waals surface area contributed by atoms with E-state index in [9.17, 15) is 14.4 Å². The van der Waals surface area contributed by atoms with E-state index in [0.29, 0.717) is 33.9 Å². The maximum atomic E-state index is 12.8. The summed E-state index contributed by atoms with van der Waals surface area (Å²) in [6.45, 7) is 2.62. The summed E-state index contributed by atoms with van der Waals surface area (Å²) in [5, 5.41) is 3.87. The minimum atomic E-state index is -0.522. The van der Waals surface area contributed by atoms with Gasteiger partial charge in [0, 0.05) is 17.8 Å². The summed E-state index contributed by atoms with van der Waals surface area (Å²) in [5.41, 5.74) is 6.68. The first-order valence-corrected chi connectivity index (χ1v) is 10.3. The van der Waals surface area contributed by atoms with Gasteiger partial charge in [-0.3, -0.25) is 19.0 Å². The van der Waals surface area contributed by atoms with Crippen LogP contribution in [-0.4, -0.2) is 27.1 Å². The minimum absolute atomic E-state index is 0.0889. The molecular weight excluding hydrogens is 388 g/mol. The fraction of sp³-hybridized carbons (Fsp3) is 0.238. The number of carbonyl (C=O) groups is 2. The molecule has 0 saturated carbocycles. The van der Waals surface area contributed by atoms with Crippen molar-refractivity contribution in [1.29, 1.82) is 0 Å². The molecular formula is C21H22N4O3S. The minimum Gasteiger partial charge on any atom is -0.366 e. The molecule has 0 aliphatic heterocycles. The lowest BCUT2D eigenvalue weighted by atomic mass is 10.2. The maximum absolute atomic E-state index is 12.8. The van der Waals surface area contributed by atoms with Crippen molar-refractivity contribution in [2.75, 3.05) is 11.1 Å². The second-order valence-corrected chi connectivity index (χ2v) is 7.44. The molecule has 1 aromatic heterocycles. The van der Waals surface area contributed by atoms with Crippen LogP contribution in [0.2, 0.25) is 0 Å². The Hall–Kier alpha value is -3.13. The van der Waals surface area contributed by atoms with Gasteiger partial charge in [-0.2, -0.15) is 0 Å². The first-order chi connectivity index (χ1) is 14.0. The van der Waals surface area contributed by atoms with Crippen molar-refractivity contribution in [1.82, 2.24) is 9.55 Å². The molecule has 2 amide bonds. The van der Waals surface area contributed by atoms with Crippen LogP contribution in [-0.2, 0) is 11.3 Å². The fourth-order valence-electron chi connectivity index (χ4n) is 2.82. The van der Waals surface area contributed by atoms with E-state index in [2.05, 4.69) is 17.2 Å². The average molecular weight is 410 g/mol. The summed E-state index contributed by atoms with van der Waals surface area (Å²) in [7, 11) is 0. The number of rotatable bonds is 8. The van der Waals surface area contributed by atoms with E-state index in [1.807, 2.05) is 12.1 Å². The SMILES string of the molecule is CCCCn1c(SCC(=O)Nc2ccc(C(N)=O)cc2)nc2ccccc2c1=O. The maximum Gasteiger partial charge on any atom is 0.262 e. The smallest absolute Gasteiger partial charge is 0.262 e. The second kappa shape index (κ2) is 9.38. The van der Waals surface area contributed by atoms with Gasteiger partial charge < -0.3 is 11.1 Å². The van der Waals surface area contributed by atoms with Crippen molar-refractivity contribution in [3.05, 3.63) is 64.4 Å². The number of para-hydroxylation sites is 1. The predicted molar refractivity (Wildman–Crippen MR) is 115 cm³/mol. The van der Waals surface area contributed by atoms with Gasteiger partial charge in [-0.1, -0.05) is 37.2 Å². The second-order valence-electron chi connectivity index (χ2n) is 6.50. The van der Waals surface area contributed by atoms with Crippen LogP contribution in [0, 0.1) is 0 Å². The largest absolute Gasteiger partial charge is 0.366 e. The van der Waals surface area contributed by atoms with Gasteiger partial charge in [0.25, 0.3) is 5.56 Å². The van der Waals surface area contributed by atoms with Crippen LogP contribution in [0.5, 0.6) is 0 Å². The number of amides is 2. The molecule has 0 atom stereocenters. The summed E-state index contributed by atoms with van der Waals surface area (Å²) in [5.74, 6) is -0.647. The van der Waals surface area contributed by atoms with Crippen LogP contribution in [0.4, 0.5) is 5.69 Å². The normalized spacial score (nSPS) is 10.8. The van der Waals surface area contributed by atoms with Gasteiger partial charge in [0.1, 0.15) is 0 Å². The first-order valence-electron chi connectivity index (χ1n) is 9.31. The molecule has 0 aliphatic carbocycles. The van der Waals surface area contributed by atoms with E-state index in [0.717, 1.165) is 12.8 Å². The van der Waals surface area contributed by atoms with Crippen LogP contribution >= 0.6 is 11.8 Å². The summed E-state index contributed by atoms with van der Waals surface area (Å²) in [6, 6.07) is 13.6. The lowest BCUT2D eigenvalue weighted by Gasteiger charge is -2.13. The summed E-state index contributed by atoms with van der Waals surface area (Å²) >= 11 is 1.23. The van der Waals surface area contributed by atoms with Crippen LogP contribution in [0.15, 0.2) is 58.5 Å². The fourth-order valence-corrected chi connectivity index (χ4v) is 3.64. The number of fused-ring (bicyclic) bond motifs is 1. The highest BCUT2D eigenvalue weighted by atomic mass is 32.2. The number of carbonyl (C=O) groups excluding carboxylic acids is 2. The zero-order valence-corrected chi connectivity index (χ0v) is 16.9. The molecule has 2 aromatic carbocycles. The molecule has 29 heavy (non-hydrogen) atoms. The predicted octanol–water partition coefficient (Wildman–Crippen LogP) is 3.03. The Morgan fingerprint density at radius 1 is 1.14 bits per heavy atom. The molecule has 1 heterocycles. The molecule has 0 radical (unpaired) electrons. The average Bonchev–Trinajstić information content (AvgIpc) is 2.72. The van der Waals surface area contributed by atoms with Gasteiger partial charge in [-0.05, 0) is 42.8 Å². The molecule has 7 nitrogen and oxygen atoms in total. The van der Waals surface area contributed by atoms with E-state index in [4.69, 9.17) is 5.73 Å². The number of hydrogen-bond donors (Lipinski definition) is 2. The summed E-state index contributed by atoms with van der Waals surface area (Å²) < 4.78 is 1.64. The first kappa shape index (κ1) is 20.6. The molecule has 8 heteroatoms. The Kier molecular flexibility index (Phi) is 6.66. The van der Waals surface area contributed by atoms with E-state index in [1.54, 1.807) is 41.0 Å². The molecule has 0 bridgehead atoms. The number of nitrogens with zero attached hydrogens (tertiary/aromatic N) is 2. The van der Waals surface area contributed by atoms with Crippen molar-refractivity contribution >= 4 is 40.2 Å². The number of aromatic nitrogens is 2. The van der Waals surface area contributed by atoms with Crippen molar-refractivity contribution in [3.8, 4) is 0 Å². The molecule has 3 rings (SSSR count). The lowest BCUT2D eigenvalue weighted by molar-refractivity contribution is -0.113. The van der Waals surface area contributed by atoms with E-state index in [1.165, 1.54) is 11.8 Å². The Balaban J connectivity index is 1.75. The summed E-state index contributed by atoms with van der Waals surface area (Å²) in [4.78, 5) is 40.9. The zero-order chi connectivity index (χ0) is 20.8. The number of nitrogens with one attached hydrogen (secondary N) is 1. The number of primary amides is 1. The molecule has 3 N–H and O–H groups in total. The standard InChI is InChI=1S/C21H22N4O3S/c1-2-3-12-25-20(28)16-6-4-5-7-17(16)24-21(25)29-13-18(26)23-15-10-8-14(9-11-15)19(22)27/h4-11H,2-3,12-13H2,1H3,(H2,22,27)(H,23,26). The van der Waals surface area contributed by atoms with Crippen LogP contribution < -0.4 is 16.6 Å². The Bertz CT molecular complexity index is 1090. The zero-order valence-electron chi connectivity index (χ0n) is 16.1. The van der Waals surface area contributed by atoms with Crippen LogP contribution in [0.3, 0.4) is 0 Å². The third-order valence-electron chi connectivity index (χ3n) is 4.35. The Morgan fingerprint density at radius 2 is 1.86 bits per heavy atom. The lowest BCUT2D eigenvalue weighted by Crippen LogP contribution is -2.24. The molecule has 0 fully saturated rings. The van der Waals surface area contributed by atoms with Gasteiger partial charge in [-0.15, -0.1) is 0 Å². The van der Waals surface area contributed by atoms with Gasteiger partial charge in [0.15, 0.2) is 5.16 Å². The highest BCUT2D eigenvalue weighted by molar-refractivity contribution is 7.99. The Labute approximate surface area is 172 Å². The monoisotopic (exact) mass is 410 g/mol. The highest BCUT2D eigenvalue weighted by Gasteiger charge is 2.13. The third-order valence-corrected chi connectivity index (χ3v) is 5.32. The van der Waals surface area contributed by atoms with Crippen molar-refractivity contribution < 1.29 is 9.59 Å². The molecule has 0 unspecified atom stereocenters. The number of unbranched alkanes of at least 4 members (excludes halogenated alkanes) is 1. The van der Waals surface area contributed by atoms with Crippen molar-refractivity contribution in [2.45, 2.75) is 31.5 Å². The number of anilines is 1. The van der Waals surface area contributed by atoms with Gasteiger partial charge >= 0.3 is 0 Å². The molecule has 150 valence electrons. The quantitative estimate of drug-likeness (QED) is 0.438. The number of nitrogens with two attached hydrogens (primary N) is 1. The highest BCUT2D eigenvalue weighted by Crippen LogP contribution is 2.19. The topological polar surface area (TPSA) is 107 Å². The summed E-state index contributed by atoms with van der Waals surface area (Å²) in [6.07, 6.45) is 1.80. The number of benzene rings is 2. The van der Waals surface area contributed by atoms with Gasteiger partial charge in [0.2, 0.25) is 11.8 Å². The number of thioether (sulfide) groups is 1. The third kappa shape index (κ3) is 5.03. The van der Waals surface area contributed by atoms with Crippen molar-refractivity contribution in [3.63, 3.8) is 0 Å². The van der Waals surface area contributed by atoms with Crippen LogP contribution in [0.1, 0.15) is 30.1 Å². The van der Waals surface area contributed by atoms with E-state index in [-0.39, 0.29) is 17.2 Å².